The number of amides is 1. The van der Waals surface area contributed by atoms with Crippen molar-refractivity contribution in [3.05, 3.63) is 39.5 Å². The van der Waals surface area contributed by atoms with Crippen molar-refractivity contribution < 1.29 is 19.4 Å². The summed E-state index contributed by atoms with van der Waals surface area (Å²) in [6.07, 6.45) is 0. The molecule has 0 aliphatic carbocycles. The molecule has 2 N–H and O–H groups in total. The van der Waals surface area contributed by atoms with Crippen molar-refractivity contribution in [3.8, 4) is 0 Å². The van der Waals surface area contributed by atoms with Gasteiger partial charge in [-0.2, -0.15) is 0 Å². The van der Waals surface area contributed by atoms with Gasteiger partial charge in [0, 0.05) is 11.0 Å². The Morgan fingerprint density at radius 1 is 1.50 bits per heavy atom. The van der Waals surface area contributed by atoms with Crippen LogP contribution >= 0.6 is 15.9 Å². The standard InChI is InChI=1S/C15H17BrN2O4/c1-9-4-3-5-11(12(9)16)17-13-10(15(21)22-2)8-18(6-7-19)14(13)20/h3-5,17,19H,6-8H2,1-2H3. The Kier molecular flexibility index (Phi) is 5.20. The molecule has 22 heavy (non-hydrogen) atoms. The van der Waals surface area contributed by atoms with Crippen molar-refractivity contribution >= 4 is 33.5 Å². The predicted molar refractivity (Wildman–Crippen MR) is 85.2 cm³/mol. The van der Waals surface area contributed by atoms with Crippen molar-refractivity contribution in [2.45, 2.75) is 6.92 Å². The lowest BCUT2D eigenvalue weighted by molar-refractivity contribution is -0.136. The van der Waals surface area contributed by atoms with Crippen molar-refractivity contribution in [3.63, 3.8) is 0 Å². The minimum atomic E-state index is -0.555. The maximum atomic E-state index is 12.4. The second-order valence-electron chi connectivity index (χ2n) is 4.86. The molecule has 0 saturated heterocycles. The molecule has 0 atom stereocenters. The summed E-state index contributed by atoms with van der Waals surface area (Å²) in [4.78, 5) is 25.7. The van der Waals surface area contributed by atoms with Crippen LogP contribution in [0.15, 0.2) is 33.9 Å². The monoisotopic (exact) mass is 368 g/mol. The zero-order chi connectivity index (χ0) is 16.3. The number of methoxy groups -OCH3 is 1. The van der Waals surface area contributed by atoms with Gasteiger partial charge in [-0.1, -0.05) is 12.1 Å². The summed E-state index contributed by atoms with van der Waals surface area (Å²) in [5, 5.41) is 12.0. The van der Waals surface area contributed by atoms with Crippen LogP contribution in [0.5, 0.6) is 0 Å². The van der Waals surface area contributed by atoms with E-state index in [1.165, 1.54) is 12.0 Å². The fraction of sp³-hybridized carbons (Fsp3) is 0.333. The van der Waals surface area contributed by atoms with E-state index in [9.17, 15) is 9.59 Å². The number of nitrogens with one attached hydrogen (secondary N) is 1. The smallest absolute Gasteiger partial charge is 0.337 e. The highest BCUT2D eigenvalue weighted by Crippen LogP contribution is 2.29. The van der Waals surface area contributed by atoms with E-state index >= 15 is 0 Å². The highest BCUT2D eigenvalue weighted by Gasteiger charge is 2.34. The highest BCUT2D eigenvalue weighted by atomic mass is 79.9. The van der Waals surface area contributed by atoms with Crippen LogP contribution in [-0.4, -0.2) is 48.7 Å². The lowest BCUT2D eigenvalue weighted by atomic mass is 10.2. The molecule has 0 fully saturated rings. The Labute approximate surface area is 136 Å². The first kappa shape index (κ1) is 16.5. The van der Waals surface area contributed by atoms with E-state index < -0.39 is 5.97 Å². The van der Waals surface area contributed by atoms with Gasteiger partial charge in [-0.05, 0) is 34.5 Å². The first-order chi connectivity index (χ1) is 10.5. The summed E-state index contributed by atoms with van der Waals surface area (Å²) in [7, 11) is 1.27. The molecule has 1 amide bonds. The van der Waals surface area contributed by atoms with Crippen molar-refractivity contribution in [1.29, 1.82) is 0 Å². The molecule has 1 heterocycles. The zero-order valence-corrected chi connectivity index (χ0v) is 13.9. The average Bonchev–Trinajstić information content (AvgIpc) is 2.81. The van der Waals surface area contributed by atoms with Gasteiger partial charge in [-0.3, -0.25) is 4.79 Å². The van der Waals surface area contributed by atoms with Crippen LogP contribution in [-0.2, 0) is 14.3 Å². The lowest BCUT2D eigenvalue weighted by Crippen LogP contribution is -2.31. The maximum absolute atomic E-state index is 12.4. The average molecular weight is 369 g/mol. The number of aryl methyl sites for hydroxylation is 1. The molecule has 0 radical (unpaired) electrons. The number of esters is 1. The Hall–Kier alpha value is -1.86. The van der Waals surface area contributed by atoms with Gasteiger partial charge in [0.05, 0.1) is 31.5 Å². The number of hydrogen-bond donors (Lipinski definition) is 2. The number of ether oxygens (including phenoxy) is 1. The molecule has 0 bridgehead atoms. The number of β-amino-alcohol motifs (C(OH)–C–C–N with tert-alkyl or cyclic N) is 1. The van der Waals surface area contributed by atoms with E-state index in [1.54, 1.807) is 6.07 Å². The summed E-state index contributed by atoms with van der Waals surface area (Å²) in [5.41, 5.74) is 2.14. The number of anilines is 1. The van der Waals surface area contributed by atoms with Gasteiger partial charge in [-0.15, -0.1) is 0 Å². The number of hydrogen-bond acceptors (Lipinski definition) is 5. The molecule has 0 saturated carbocycles. The third-order valence-corrected chi connectivity index (χ3v) is 4.46. The van der Waals surface area contributed by atoms with Crippen LogP contribution in [0.3, 0.4) is 0 Å². The minimum Gasteiger partial charge on any atom is -0.466 e. The van der Waals surface area contributed by atoms with E-state index in [0.717, 1.165) is 10.0 Å². The number of aliphatic hydroxyl groups excluding tert-OH is 1. The van der Waals surface area contributed by atoms with E-state index in [-0.39, 0.29) is 36.9 Å². The summed E-state index contributed by atoms with van der Waals surface area (Å²) in [6, 6.07) is 5.59. The molecule has 0 spiro atoms. The number of nitrogens with zero attached hydrogens (tertiary/aromatic N) is 1. The van der Waals surface area contributed by atoms with Gasteiger partial charge < -0.3 is 20.1 Å². The summed E-state index contributed by atoms with van der Waals surface area (Å²) >= 11 is 3.46. The third-order valence-electron chi connectivity index (χ3n) is 3.41. The van der Waals surface area contributed by atoms with Crippen LogP contribution in [0.25, 0.3) is 0 Å². The van der Waals surface area contributed by atoms with Crippen molar-refractivity contribution in [1.82, 2.24) is 4.90 Å². The number of aliphatic hydroxyl groups is 1. The fourth-order valence-corrected chi connectivity index (χ4v) is 2.59. The summed E-state index contributed by atoms with van der Waals surface area (Å²) < 4.78 is 5.56. The second-order valence-corrected chi connectivity index (χ2v) is 5.65. The van der Waals surface area contributed by atoms with Crippen molar-refractivity contribution in [2.24, 2.45) is 0 Å². The van der Waals surface area contributed by atoms with Gasteiger partial charge in [0.1, 0.15) is 5.70 Å². The van der Waals surface area contributed by atoms with Crippen LogP contribution in [0, 0.1) is 6.92 Å². The molecule has 0 unspecified atom stereocenters. The van der Waals surface area contributed by atoms with Gasteiger partial charge in [-0.25, -0.2) is 4.79 Å². The van der Waals surface area contributed by atoms with Crippen LogP contribution in [0.2, 0.25) is 0 Å². The quantitative estimate of drug-likeness (QED) is 0.768. The number of halogens is 1. The molecule has 1 aliphatic rings. The molecule has 6 nitrogen and oxygen atoms in total. The van der Waals surface area contributed by atoms with Gasteiger partial charge in [0.15, 0.2) is 0 Å². The molecular weight excluding hydrogens is 352 g/mol. The molecule has 0 aromatic heterocycles. The fourth-order valence-electron chi connectivity index (χ4n) is 2.23. The van der Waals surface area contributed by atoms with E-state index in [4.69, 9.17) is 9.84 Å². The molecule has 1 aliphatic heterocycles. The van der Waals surface area contributed by atoms with Gasteiger partial charge >= 0.3 is 5.97 Å². The zero-order valence-electron chi connectivity index (χ0n) is 12.4. The number of carbonyl (C=O) groups excluding carboxylic acids is 2. The number of carbonyl (C=O) groups is 2. The highest BCUT2D eigenvalue weighted by molar-refractivity contribution is 9.10. The molecule has 1 aromatic rings. The Balaban J connectivity index is 2.37. The summed E-state index contributed by atoms with van der Waals surface area (Å²) in [6.45, 7) is 2.05. The normalized spacial score (nSPS) is 14.5. The van der Waals surface area contributed by atoms with Crippen LogP contribution in [0.1, 0.15) is 5.56 Å². The number of benzene rings is 1. The molecule has 118 valence electrons. The molecule has 7 heteroatoms. The lowest BCUT2D eigenvalue weighted by Gasteiger charge is -2.15. The Morgan fingerprint density at radius 3 is 2.86 bits per heavy atom. The van der Waals surface area contributed by atoms with E-state index in [2.05, 4.69) is 21.2 Å². The first-order valence-corrected chi connectivity index (χ1v) is 7.52. The second kappa shape index (κ2) is 6.93. The largest absolute Gasteiger partial charge is 0.466 e. The molecule has 1 aromatic carbocycles. The van der Waals surface area contributed by atoms with E-state index in [0.29, 0.717) is 5.69 Å². The maximum Gasteiger partial charge on any atom is 0.337 e. The van der Waals surface area contributed by atoms with Crippen LogP contribution in [0.4, 0.5) is 5.69 Å². The topological polar surface area (TPSA) is 78.9 Å². The first-order valence-electron chi connectivity index (χ1n) is 6.73. The molecular formula is C15H17BrN2O4. The molecule has 2 rings (SSSR count). The number of rotatable bonds is 5. The predicted octanol–water partition coefficient (Wildman–Crippen LogP) is 1.43. The van der Waals surface area contributed by atoms with Crippen molar-refractivity contribution in [2.75, 3.05) is 32.1 Å². The van der Waals surface area contributed by atoms with E-state index in [1.807, 2.05) is 19.1 Å². The Bertz CT molecular complexity index is 642. The van der Waals surface area contributed by atoms with Crippen LogP contribution < -0.4 is 5.32 Å². The Morgan fingerprint density at radius 2 is 2.23 bits per heavy atom. The minimum absolute atomic E-state index is 0.123. The summed E-state index contributed by atoms with van der Waals surface area (Å²) in [5.74, 6) is -0.886. The SMILES string of the molecule is COC(=O)C1=C(Nc2cccc(C)c2Br)C(=O)N(CCO)C1. The third kappa shape index (κ3) is 3.15. The van der Waals surface area contributed by atoms with Gasteiger partial charge in [0.25, 0.3) is 5.91 Å². The van der Waals surface area contributed by atoms with Gasteiger partial charge in [0.2, 0.25) is 0 Å².